The maximum Gasteiger partial charge on any atom is 0 e. The largest absolute Gasteiger partial charge is 0.332 e. The van der Waals surface area contributed by atoms with E-state index in [0.29, 0.717) is 0 Å². The first-order valence-corrected chi connectivity index (χ1v) is 1.69. The Kier molecular flexibility index (Phi) is 108. The minimum atomic E-state index is 0. The van der Waals surface area contributed by atoms with Crippen molar-refractivity contribution in [1.29, 1.82) is 0 Å². The SMILES string of the molecule is C.C.C[CH-]CC.[W]. The maximum absolute atomic E-state index is 2.12. The Morgan fingerprint density at radius 3 is 1.43 bits per heavy atom. The zero-order valence-corrected chi connectivity index (χ0v) is 6.63. The van der Waals surface area contributed by atoms with Gasteiger partial charge in [-0.3, -0.25) is 0 Å². The number of hydrogen-bond donors (Lipinski definition) is 0. The molecule has 7 heavy (non-hydrogen) atoms. The van der Waals surface area contributed by atoms with Gasteiger partial charge in [-0.1, -0.05) is 21.8 Å². The van der Waals surface area contributed by atoms with Crippen LogP contribution in [0.25, 0.3) is 0 Å². The average molecular weight is 273 g/mol. The first-order valence-electron chi connectivity index (χ1n) is 1.69. The van der Waals surface area contributed by atoms with Crippen LogP contribution in [-0.2, 0) is 21.1 Å². The van der Waals surface area contributed by atoms with Crippen molar-refractivity contribution in [3.8, 4) is 0 Å². The minimum absolute atomic E-state index is 0. The van der Waals surface area contributed by atoms with Crippen LogP contribution in [0.3, 0.4) is 0 Å². The van der Waals surface area contributed by atoms with Crippen molar-refractivity contribution in [3.05, 3.63) is 6.42 Å². The van der Waals surface area contributed by atoms with Crippen molar-refractivity contribution in [3.63, 3.8) is 0 Å². The normalized spacial score (nSPS) is 4.29. The monoisotopic (exact) mass is 273 g/mol. The van der Waals surface area contributed by atoms with E-state index in [-0.39, 0.29) is 35.9 Å². The van der Waals surface area contributed by atoms with E-state index < -0.39 is 0 Å². The van der Waals surface area contributed by atoms with E-state index in [4.69, 9.17) is 0 Å². The predicted molar refractivity (Wildman–Crippen MR) is 33.7 cm³/mol. The molecule has 0 fully saturated rings. The summed E-state index contributed by atoms with van der Waals surface area (Å²) in [5.41, 5.74) is 0. The summed E-state index contributed by atoms with van der Waals surface area (Å²) in [5.74, 6) is 0. The minimum Gasteiger partial charge on any atom is -0.332 e. The second-order valence-corrected chi connectivity index (χ2v) is 0.816. The van der Waals surface area contributed by atoms with Gasteiger partial charge >= 0.3 is 0 Å². The van der Waals surface area contributed by atoms with E-state index in [2.05, 4.69) is 20.3 Å². The first kappa shape index (κ1) is 25.3. The van der Waals surface area contributed by atoms with Gasteiger partial charge in [-0.05, 0) is 0 Å². The van der Waals surface area contributed by atoms with Gasteiger partial charge in [-0.25, -0.2) is 0 Å². The number of rotatable bonds is 1. The van der Waals surface area contributed by atoms with Crippen molar-refractivity contribution in [1.82, 2.24) is 0 Å². The summed E-state index contributed by atoms with van der Waals surface area (Å²) in [6, 6.07) is 0. The zero-order chi connectivity index (χ0) is 3.41. The van der Waals surface area contributed by atoms with E-state index >= 15 is 0 Å². The third kappa shape index (κ3) is 51.6. The Morgan fingerprint density at radius 1 is 1.29 bits per heavy atom. The van der Waals surface area contributed by atoms with Crippen LogP contribution >= 0.6 is 0 Å². The molecule has 0 saturated heterocycles. The average Bonchev–Trinajstić information content (AvgIpc) is 1.37. The van der Waals surface area contributed by atoms with Crippen molar-refractivity contribution < 1.29 is 21.1 Å². The van der Waals surface area contributed by atoms with Crippen LogP contribution in [0, 0.1) is 6.42 Å². The molecule has 0 aromatic carbocycles. The fourth-order valence-electron chi connectivity index (χ4n) is 0. The Hall–Kier alpha value is 0.688. The van der Waals surface area contributed by atoms with Gasteiger partial charge in [0.05, 0.1) is 0 Å². The molecule has 48 valence electrons. The van der Waals surface area contributed by atoms with Gasteiger partial charge < -0.3 is 6.42 Å². The predicted octanol–water partition coefficient (Wildman–Crippen LogP) is 2.89. The molecular formula is C6H17W-. The van der Waals surface area contributed by atoms with E-state index in [0.717, 1.165) is 0 Å². The smallest absolute Gasteiger partial charge is 0 e. The van der Waals surface area contributed by atoms with Crippen LogP contribution in [0.1, 0.15) is 35.1 Å². The van der Waals surface area contributed by atoms with E-state index in [1.807, 2.05) is 0 Å². The maximum atomic E-state index is 2.12. The molecule has 0 aromatic rings. The van der Waals surface area contributed by atoms with Crippen molar-refractivity contribution in [2.45, 2.75) is 35.1 Å². The second-order valence-electron chi connectivity index (χ2n) is 0.816. The third-order valence-corrected chi connectivity index (χ3v) is 0.408. The fourth-order valence-corrected chi connectivity index (χ4v) is 0. The van der Waals surface area contributed by atoms with Crippen LogP contribution in [0.4, 0.5) is 0 Å². The molecule has 0 rings (SSSR count). The summed E-state index contributed by atoms with van der Waals surface area (Å²) in [4.78, 5) is 0. The Bertz CT molecular complexity index is 6.14. The molecule has 0 aliphatic rings. The van der Waals surface area contributed by atoms with Gasteiger partial charge in [0.2, 0.25) is 0 Å². The zero-order valence-electron chi connectivity index (χ0n) is 3.69. The topological polar surface area (TPSA) is 0 Å². The summed E-state index contributed by atoms with van der Waals surface area (Å²) in [6.45, 7) is 4.18. The number of hydrogen-bond acceptors (Lipinski definition) is 0. The molecule has 1 heteroatoms. The molecule has 0 N–H and O–H groups in total. The van der Waals surface area contributed by atoms with Crippen LogP contribution in [0.2, 0.25) is 0 Å². The molecule has 0 bridgehead atoms. The summed E-state index contributed by atoms with van der Waals surface area (Å²) in [6.07, 6.45) is 3.32. The molecule has 0 radical (unpaired) electrons. The molecule has 0 saturated carbocycles. The van der Waals surface area contributed by atoms with E-state index in [9.17, 15) is 0 Å². The molecule has 0 nitrogen and oxygen atoms in total. The Morgan fingerprint density at radius 2 is 1.43 bits per heavy atom. The summed E-state index contributed by atoms with van der Waals surface area (Å²) in [5, 5.41) is 0. The Balaban J connectivity index is -0.0000000150. The van der Waals surface area contributed by atoms with Crippen LogP contribution in [0.15, 0.2) is 0 Å². The Labute approximate surface area is 63.0 Å². The van der Waals surface area contributed by atoms with E-state index in [1.54, 1.807) is 0 Å². The summed E-state index contributed by atoms with van der Waals surface area (Å²) >= 11 is 0. The molecular weight excluding hydrogens is 256 g/mol. The molecule has 0 amide bonds. The summed E-state index contributed by atoms with van der Waals surface area (Å²) < 4.78 is 0. The molecule has 0 aliphatic heterocycles. The molecule has 0 aliphatic carbocycles. The fraction of sp³-hybridized carbons (Fsp3) is 0.833. The van der Waals surface area contributed by atoms with Crippen LogP contribution < -0.4 is 0 Å². The van der Waals surface area contributed by atoms with E-state index in [1.165, 1.54) is 6.42 Å². The van der Waals surface area contributed by atoms with Gasteiger partial charge in [0.1, 0.15) is 0 Å². The van der Waals surface area contributed by atoms with Crippen LogP contribution in [0.5, 0.6) is 0 Å². The second kappa shape index (κ2) is 29.9. The molecule has 0 aromatic heterocycles. The van der Waals surface area contributed by atoms with Crippen molar-refractivity contribution in [2.24, 2.45) is 0 Å². The van der Waals surface area contributed by atoms with Gasteiger partial charge in [0.25, 0.3) is 0 Å². The first-order chi connectivity index (χ1) is 1.91. The number of unbranched alkanes of at least 4 members (excludes halogenated alkanes) is 1. The molecule has 0 spiro atoms. The van der Waals surface area contributed by atoms with Gasteiger partial charge in [0.15, 0.2) is 0 Å². The quantitative estimate of drug-likeness (QED) is 0.644. The molecule has 0 unspecified atom stereocenters. The van der Waals surface area contributed by atoms with Crippen molar-refractivity contribution >= 4 is 0 Å². The van der Waals surface area contributed by atoms with Gasteiger partial charge in [-0.15, -0.1) is 0 Å². The van der Waals surface area contributed by atoms with Crippen molar-refractivity contribution in [2.75, 3.05) is 0 Å². The molecule has 0 atom stereocenters. The standard InChI is InChI=1S/C4H9.2CH4.W/c1-3-4-2;;;/h3H,4H2,1-2H3;2*1H4;/q-1;;;. The van der Waals surface area contributed by atoms with Crippen LogP contribution in [-0.4, -0.2) is 0 Å². The summed E-state index contributed by atoms with van der Waals surface area (Å²) in [7, 11) is 0. The third-order valence-electron chi connectivity index (χ3n) is 0.408. The van der Waals surface area contributed by atoms with Gasteiger partial charge in [0, 0.05) is 21.1 Å². The molecule has 0 heterocycles. The van der Waals surface area contributed by atoms with Gasteiger partial charge in [-0.2, -0.15) is 13.3 Å².